The van der Waals surface area contributed by atoms with E-state index in [1.165, 1.54) is 16.3 Å². The first-order valence-electron chi connectivity index (χ1n) is 5.62. The molecular weight excluding hydrogens is 214 g/mol. The second kappa shape index (κ2) is 5.30. The molecule has 4 heteroatoms. The lowest BCUT2D eigenvalue weighted by Crippen LogP contribution is -2.21. The molecule has 0 aliphatic carbocycles. The standard InChI is InChI=1S/C13H15N3O/c14-12-7-5-11(6-8-12)3-2-10-16-13(17)4-1-9-15-16/h1,4-9H,2-3,10,14H2. The lowest BCUT2D eigenvalue weighted by atomic mass is 10.1. The summed E-state index contributed by atoms with van der Waals surface area (Å²) in [5, 5.41) is 4.01. The normalized spacial score (nSPS) is 10.4. The maximum Gasteiger partial charge on any atom is 0.266 e. The van der Waals surface area contributed by atoms with Crippen molar-refractivity contribution in [3.8, 4) is 0 Å². The molecular formula is C13H15N3O. The molecule has 0 atom stereocenters. The highest BCUT2D eigenvalue weighted by atomic mass is 16.1. The summed E-state index contributed by atoms with van der Waals surface area (Å²) in [6.07, 6.45) is 3.44. The topological polar surface area (TPSA) is 60.9 Å². The van der Waals surface area contributed by atoms with E-state index in [2.05, 4.69) is 5.10 Å². The van der Waals surface area contributed by atoms with E-state index in [0.29, 0.717) is 6.54 Å². The van der Waals surface area contributed by atoms with Crippen LogP contribution in [-0.4, -0.2) is 9.78 Å². The lowest BCUT2D eigenvalue weighted by molar-refractivity contribution is 0.548. The van der Waals surface area contributed by atoms with Crippen molar-refractivity contribution >= 4 is 5.69 Å². The number of nitrogens with two attached hydrogens (primary N) is 1. The maximum absolute atomic E-state index is 11.4. The summed E-state index contributed by atoms with van der Waals surface area (Å²) in [5.74, 6) is 0. The third-order valence-corrected chi connectivity index (χ3v) is 2.60. The van der Waals surface area contributed by atoms with E-state index in [4.69, 9.17) is 5.73 Å². The van der Waals surface area contributed by atoms with Gasteiger partial charge in [-0.15, -0.1) is 0 Å². The number of nitrogen functional groups attached to an aromatic ring is 1. The highest BCUT2D eigenvalue weighted by Crippen LogP contribution is 2.07. The van der Waals surface area contributed by atoms with Crippen molar-refractivity contribution in [1.82, 2.24) is 9.78 Å². The zero-order valence-electron chi connectivity index (χ0n) is 9.54. The van der Waals surface area contributed by atoms with Gasteiger partial charge in [0.15, 0.2) is 0 Å². The Morgan fingerprint density at radius 2 is 1.94 bits per heavy atom. The predicted octanol–water partition coefficient (Wildman–Crippen LogP) is 1.46. The molecule has 2 aromatic rings. The summed E-state index contributed by atoms with van der Waals surface area (Å²) in [7, 11) is 0. The van der Waals surface area contributed by atoms with Crippen LogP contribution in [0.5, 0.6) is 0 Å². The van der Waals surface area contributed by atoms with Crippen LogP contribution in [0, 0.1) is 0 Å². The Kier molecular flexibility index (Phi) is 3.55. The quantitative estimate of drug-likeness (QED) is 0.807. The summed E-state index contributed by atoms with van der Waals surface area (Å²) in [6, 6.07) is 11.0. The Morgan fingerprint density at radius 3 is 2.65 bits per heavy atom. The molecule has 1 heterocycles. The number of benzene rings is 1. The fourth-order valence-corrected chi connectivity index (χ4v) is 1.67. The van der Waals surface area contributed by atoms with E-state index in [1.54, 1.807) is 12.3 Å². The molecule has 2 N–H and O–H groups in total. The van der Waals surface area contributed by atoms with E-state index in [0.717, 1.165) is 18.5 Å². The first-order valence-corrected chi connectivity index (χ1v) is 5.62. The van der Waals surface area contributed by atoms with E-state index in [1.807, 2.05) is 24.3 Å². The highest BCUT2D eigenvalue weighted by molar-refractivity contribution is 5.39. The molecule has 0 unspecified atom stereocenters. The van der Waals surface area contributed by atoms with E-state index < -0.39 is 0 Å². The number of hydrogen-bond donors (Lipinski definition) is 1. The second-order valence-corrected chi connectivity index (χ2v) is 3.93. The van der Waals surface area contributed by atoms with Crippen LogP contribution < -0.4 is 11.3 Å². The van der Waals surface area contributed by atoms with Crippen LogP contribution in [0.1, 0.15) is 12.0 Å². The summed E-state index contributed by atoms with van der Waals surface area (Å²) < 4.78 is 1.48. The number of nitrogens with zero attached hydrogens (tertiary/aromatic N) is 2. The van der Waals surface area contributed by atoms with Crippen LogP contribution >= 0.6 is 0 Å². The average Bonchev–Trinajstić information content (AvgIpc) is 2.34. The summed E-state index contributed by atoms with van der Waals surface area (Å²) in [5.41, 5.74) is 7.56. The predicted molar refractivity (Wildman–Crippen MR) is 67.7 cm³/mol. The van der Waals surface area contributed by atoms with Crippen LogP contribution in [0.4, 0.5) is 5.69 Å². The van der Waals surface area contributed by atoms with Gasteiger partial charge in [0.1, 0.15) is 0 Å². The largest absolute Gasteiger partial charge is 0.399 e. The zero-order valence-corrected chi connectivity index (χ0v) is 9.54. The van der Waals surface area contributed by atoms with Crippen LogP contribution in [-0.2, 0) is 13.0 Å². The number of aryl methyl sites for hydroxylation is 2. The summed E-state index contributed by atoms with van der Waals surface area (Å²) in [6.45, 7) is 0.643. The number of anilines is 1. The minimum absolute atomic E-state index is 0.0511. The van der Waals surface area contributed by atoms with Gasteiger partial charge in [0.2, 0.25) is 0 Å². The summed E-state index contributed by atoms with van der Waals surface area (Å²) >= 11 is 0. The van der Waals surface area contributed by atoms with Gasteiger partial charge in [0.25, 0.3) is 5.56 Å². The van der Waals surface area contributed by atoms with E-state index >= 15 is 0 Å². The molecule has 0 aliphatic heterocycles. The van der Waals surface area contributed by atoms with Gasteiger partial charge in [-0.25, -0.2) is 4.68 Å². The molecule has 4 nitrogen and oxygen atoms in total. The Hall–Kier alpha value is -2.10. The molecule has 0 amide bonds. The van der Waals surface area contributed by atoms with Crippen molar-refractivity contribution in [1.29, 1.82) is 0 Å². The van der Waals surface area contributed by atoms with E-state index in [-0.39, 0.29) is 5.56 Å². The van der Waals surface area contributed by atoms with Gasteiger partial charge < -0.3 is 5.73 Å². The van der Waals surface area contributed by atoms with Gasteiger partial charge >= 0.3 is 0 Å². The molecule has 0 spiro atoms. The Labute approximate surface area is 99.7 Å². The second-order valence-electron chi connectivity index (χ2n) is 3.93. The molecule has 17 heavy (non-hydrogen) atoms. The monoisotopic (exact) mass is 229 g/mol. The summed E-state index contributed by atoms with van der Waals surface area (Å²) in [4.78, 5) is 11.4. The zero-order chi connectivity index (χ0) is 12.1. The molecule has 1 aromatic heterocycles. The van der Waals surface area contributed by atoms with Crippen LogP contribution in [0.2, 0.25) is 0 Å². The Morgan fingerprint density at radius 1 is 1.18 bits per heavy atom. The fraction of sp³-hybridized carbons (Fsp3) is 0.231. The van der Waals surface area contributed by atoms with Crippen molar-refractivity contribution in [2.75, 3.05) is 5.73 Å². The van der Waals surface area contributed by atoms with Crippen molar-refractivity contribution in [2.45, 2.75) is 19.4 Å². The molecule has 2 rings (SSSR count). The van der Waals surface area contributed by atoms with Crippen LogP contribution in [0.25, 0.3) is 0 Å². The van der Waals surface area contributed by atoms with Crippen LogP contribution in [0.3, 0.4) is 0 Å². The lowest BCUT2D eigenvalue weighted by Gasteiger charge is -2.04. The molecule has 0 saturated heterocycles. The number of rotatable bonds is 4. The third-order valence-electron chi connectivity index (χ3n) is 2.60. The molecule has 1 aromatic carbocycles. The van der Waals surface area contributed by atoms with Gasteiger partial charge in [0.05, 0.1) is 0 Å². The Balaban J connectivity index is 1.90. The van der Waals surface area contributed by atoms with E-state index in [9.17, 15) is 4.79 Å². The van der Waals surface area contributed by atoms with Crippen molar-refractivity contribution in [3.63, 3.8) is 0 Å². The van der Waals surface area contributed by atoms with Crippen molar-refractivity contribution in [3.05, 3.63) is 58.5 Å². The van der Waals surface area contributed by atoms with Gasteiger partial charge in [-0.2, -0.15) is 5.10 Å². The van der Waals surface area contributed by atoms with Gasteiger partial charge in [0, 0.05) is 24.5 Å². The third kappa shape index (κ3) is 3.17. The van der Waals surface area contributed by atoms with Crippen molar-refractivity contribution < 1.29 is 0 Å². The first kappa shape index (κ1) is 11.4. The van der Waals surface area contributed by atoms with Gasteiger partial charge in [-0.1, -0.05) is 12.1 Å². The molecule has 0 bridgehead atoms. The van der Waals surface area contributed by atoms with Gasteiger partial charge in [-0.3, -0.25) is 4.79 Å². The fourth-order valence-electron chi connectivity index (χ4n) is 1.67. The molecule has 0 saturated carbocycles. The molecule has 88 valence electrons. The number of hydrogen-bond acceptors (Lipinski definition) is 3. The maximum atomic E-state index is 11.4. The first-order chi connectivity index (χ1) is 8.25. The minimum Gasteiger partial charge on any atom is -0.399 e. The minimum atomic E-state index is -0.0511. The molecule has 0 radical (unpaired) electrons. The van der Waals surface area contributed by atoms with Gasteiger partial charge in [-0.05, 0) is 36.6 Å². The smallest absolute Gasteiger partial charge is 0.266 e. The molecule has 0 aliphatic rings. The van der Waals surface area contributed by atoms with Crippen LogP contribution in [0.15, 0.2) is 47.4 Å². The SMILES string of the molecule is Nc1ccc(CCCn2ncccc2=O)cc1. The molecule has 0 fully saturated rings. The Bertz CT molecular complexity index is 531. The van der Waals surface area contributed by atoms with Crippen molar-refractivity contribution in [2.24, 2.45) is 0 Å². The highest BCUT2D eigenvalue weighted by Gasteiger charge is 1.97. The number of aromatic nitrogens is 2. The average molecular weight is 229 g/mol.